The molecule has 0 amide bonds. The summed E-state index contributed by atoms with van der Waals surface area (Å²) in [4.78, 5) is 15.0. The Hall–Kier alpha value is -1.88. The molecule has 2 aromatic rings. The summed E-state index contributed by atoms with van der Waals surface area (Å²) in [5.41, 5.74) is 1.14. The van der Waals surface area contributed by atoms with Crippen molar-refractivity contribution in [2.45, 2.75) is 0 Å². The van der Waals surface area contributed by atoms with Crippen molar-refractivity contribution in [3.63, 3.8) is 0 Å². The van der Waals surface area contributed by atoms with Crippen LogP contribution in [0.2, 0.25) is 0 Å². The predicted octanol–water partition coefficient (Wildman–Crippen LogP) is 1.86. The van der Waals surface area contributed by atoms with E-state index in [1.807, 2.05) is 0 Å². The number of carbonyl (C=O) groups is 1. The Kier molecular flexibility index (Phi) is 2.87. The highest BCUT2D eigenvalue weighted by Crippen LogP contribution is 2.18. The number of halogens is 1. The van der Waals surface area contributed by atoms with Crippen molar-refractivity contribution in [3.05, 3.63) is 29.8 Å². The number of methoxy groups -OCH3 is 1. The Morgan fingerprint density at radius 2 is 2.31 bits per heavy atom. The van der Waals surface area contributed by atoms with E-state index < -0.39 is 5.24 Å². The van der Waals surface area contributed by atoms with Gasteiger partial charge >= 0.3 is 6.01 Å². The minimum Gasteiger partial charge on any atom is -0.466 e. The van der Waals surface area contributed by atoms with Gasteiger partial charge in [0.25, 0.3) is 5.24 Å². The van der Waals surface area contributed by atoms with E-state index in [0.29, 0.717) is 11.4 Å². The fourth-order valence-electron chi connectivity index (χ4n) is 1.26. The molecule has 0 spiro atoms. The molecule has 82 valence electrons. The van der Waals surface area contributed by atoms with E-state index in [-0.39, 0.29) is 6.01 Å². The molecule has 6 heteroatoms. The second kappa shape index (κ2) is 4.32. The molecule has 1 N–H and O–H groups in total. The molecule has 0 aliphatic carbocycles. The number of ether oxygens (including phenoxy) is 1. The molecule has 0 atom stereocenters. The highest BCUT2D eigenvalue weighted by atomic mass is 35.5. The minimum absolute atomic E-state index is 0.248. The fourth-order valence-corrected chi connectivity index (χ4v) is 1.37. The number of carbonyl (C=O) groups excluding carboxylic acids is 1. The number of H-pyrrole nitrogens is 1. The first-order valence-corrected chi connectivity index (χ1v) is 4.85. The van der Waals surface area contributed by atoms with Gasteiger partial charge in [-0.2, -0.15) is 4.98 Å². The summed E-state index contributed by atoms with van der Waals surface area (Å²) in [6.07, 6.45) is 0. The third-order valence-electron chi connectivity index (χ3n) is 2.01. The number of aromatic amines is 1. The fraction of sp³-hybridized carbons (Fsp3) is 0.100. The normalized spacial score (nSPS) is 10.1. The third-order valence-corrected chi connectivity index (χ3v) is 2.23. The van der Waals surface area contributed by atoms with E-state index in [1.54, 1.807) is 24.3 Å². The van der Waals surface area contributed by atoms with Gasteiger partial charge in [0.15, 0.2) is 5.82 Å². The van der Waals surface area contributed by atoms with Crippen LogP contribution >= 0.6 is 11.6 Å². The molecule has 1 aromatic carbocycles. The van der Waals surface area contributed by atoms with Gasteiger partial charge in [-0.3, -0.25) is 9.89 Å². The standard InChI is InChI=1S/C10H8ClN3O2/c1-16-10-12-9(13-14-10)7-4-2-3-6(5-7)8(11)15/h2-5H,1H3,(H,12,13,14). The Balaban J connectivity index is 2.40. The zero-order valence-corrected chi connectivity index (χ0v) is 9.15. The first-order chi connectivity index (χ1) is 7.70. The Morgan fingerprint density at radius 1 is 1.50 bits per heavy atom. The molecule has 0 bridgehead atoms. The molecule has 0 aliphatic heterocycles. The smallest absolute Gasteiger partial charge is 0.335 e. The molecule has 1 aromatic heterocycles. The lowest BCUT2D eigenvalue weighted by atomic mass is 10.1. The van der Waals surface area contributed by atoms with Crippen LogP contribution in [0.25, 0.3) is 11.4 Å². The van der Waals surface area contributed by atoms with E-state index in [4.69, 9.17) is 16.3 Å². The number of rotatable bonds is 3. The molecule has 0 unspecified atom stereocenters. The minimum atomic E-state index is -0.506. The van der Waals surface area contributed by atoms with Crippen molar-refractivity contribution >= 4 is 16.8 Å². The van der Waals surface area contributed by atoms with E-state index in [1.165, 1.54) is 7.11 Å². The van der Waals surface area contributed by atoms with E-state index in [0.717, 1.165) is 5.56 Å². The highest BCUT2D eigenvalue weighted by molar-refractivity contribution is 6.67. The molecule has 5 nitrogen and oxygen atoms in total. The van der Waals surface area contributed by atoms with Crippen molar-refractivity contribution in [2.75, 3.05) is 7.11 Å². The van der Waals surface area contributed by atoms with Gasteiger partial charge in [-0.15, -0.1) is 5.10 Å². The SMILES string of the molecule is COc1n[nH]c(-c2cccc(C(=O)Cl)c2)n1. The predicted molar refractivity (Wildman–Crippen MR) is 58.6 cm³/mol. The molecular formula is C10H8ClN3O2. The largest absolute Gasteiger partial charge is 0.466 e. The maximum atomic E-state index is 11.0. The quantitative estimate of drug-likeness (QED) is 0.828. The lowest BCUT2D eigenvalue weighted by molar-refractivity contribution is 0.108. The Labute approximate surface area is 96.4 Å². The topological polar surface area (TPSA) is 67.9 Å². The van der Waals surface area contributed by atoms with Crippen molar-refractivity contribution in [2.24, 2.45) is 0 Å². The number of hydrogen-bond acceptors (Lipinski definition) is 4. The van der Waals surface area contributed by atoms with Gasteiger partial charge < -0.3 is 4.74 Å². The average molecular weight is 238 g/mol. The van der Waals surface area contributed by atoms with Crippen LogP contribution in [0.3, 0.4) is 0 Å². The van der Waals surface area contributed by atoms with Gasteiger partial charge in [0.05, 0.1) is 7.11 Å². The lowest BCUT2D eigenvalue weighted by Gasteiger charge is -1.97. The molecule has 16 heavy (non-hydrogen) atoms. The number of nitrogens with zero attached hydrogens (tertiary/aromatic N) is 2. The summed E-state index contributed by atoms with van der Waals surface area (Å²) in [6, 6.07) is 7.03. The molecule has 1 heterocycles. The molecule has 0 aliphatic rings. The number of hydrogen-bond donors (Lipinski definition) is 1. The second-order valence-electron chi connectivity index (χ2n) is 3.03. The number of nitrogens with one attached hydrogen (secondary N) is 1. The molecule has 0 saturated carbocycles. The van der Waals surface area contributed by atoms with Crippen molar-refractivity contribution in [3.8, 4) is 17.4 Å². The van der Waals surface area contributed by atoms with Crippen LogP contribution in [-0.4, -0.2) is 27.5 Å². The molecule has 0 radical (unpaired) electrons. The Morgan fingerprint density at radius 3 is 2.94 bits per heavy atom. The van der Waals surface area contributed by atoms with Crippen molar-refractivity contribution in [1.29, 1.82) is 0 Å². The van der Waals surface area contributed by atoms with Gasteiger partial charge in [-0.05, 0) is 17.7 Å². The second-order valence-corrected chi connectivity index (χ2v) is 3.37. The van der Waals surface area contributed by atoms with Crippen LogP contribution in [-0.2, 0) is 0 Å². The zero-order chi connectivity index (χ0) is 11.5. The summed E-state index contributed by atoms with van der Waals surface area (Å²) < 4.78 is 4.85. The van der Waals surface area contributed by atoms with Gasteiger partial charge in [0, 0.05) is 11.1 Å². The van der Waals surface area contributed by atoms with Crippen LogP contribution in [0.1, 0.15) is 10.4 Å². The monoisotopic (exact) mass is 237 g/mol. The summed E-state index contributed by atoms with van der Waals surface area (Å²) in [6.45, 7) is 0. The zero-order valence-electron chi connectivity index (χ0n) is 8.40. The van der Waals surface area contributed by atoms with Crippen LogP contribution < -0.4 is 4.74 Å². The van der Waals surface area contributed by atoms with Crippen molar-refractivity contribution in [1.82, 2.24) is 15.2 Å². The number of benzene rings is 1. The maximum absolute atomic E-state index is 11.0. The third kappa shape index (κ3) is 2.04. The van der Waals surface area contributed by atoms with Crippen LogP contribution in [0, 0.1) is 0 Å². The molecule has 2 rings (SSSR count). The van der Waals surface area contributed by atoms with E-state index in [2.05, 4.69) is 15.2 Å². The van der Waals surface area contributed by atoms with Crippen LogP contribution in [0.5, 0.6) is 6.01 Å². The van der Waals surface area contributed by atoms with Gasteiger partial charge in [-0.25, -0.2) is 0 Å². The van der Waals surface area contributed by atoms with Crippen LogP contribution in [0.15, 0.2) is 24.3 Å². The van der Waals surface area contributed by atoms with Gasteiger partial charge in [-0.1, -0.05) is 18.2 Å². The van der Waals surface area contributed by atoms with Crippen LogP contribution in [0.4, 0.5) is 0 Å². The number of aromatic nitrogens is 3. The lowest BCUT2D eigenvalue weighted by Crippen LogP contribution is -1.90. The first kappa shape index (κ1) is 10.6. The Bertz CT molecular complexity index is 524. The van der Waals surface area contributed by atoms with Gasteiger partial charge in [0.1, 0.15) is 0 Å². The summed E-state index contributed by atoms with van der Waals surface area (Å²) in [5.74, 6) is 0.525. The highest BCUT2D eigenvalue weighted by Gasteiger charge is 2.08. The van der Waals surface area contributed by atoms with Gasteiger partial charge in [0.2, 0.25) is 0 Å². The van der Waals surface area contributed by atoms with Crippen molar-refractivity contribution < 1.29 is 9.53 Å². The maximum Gasteiger partial charge on any atom is 0.335 e. The summed E-state index contributed by atoms with van der Waals surface area (Å²) in [7, 11) is 1.48. The van der Waals surface area contributed by atoms with E-state index in [9.17, 15) is 4.79 Å². The first-order valence-electron chi connectivity index (χ1n) is 4.47. The molecule has 0 fully saturated rings. The summed E-state index contributed by atoms with van der Waals surface area (Å²) >= 11 is 5.39. The molecule has 0 saturated heterocycles. The summed E-state index contributed by atoms with van der Waals surface area (Å²) in [5, 5.41) is 6.00. The van der Waals surface area contributed by atoms with E-state index >= 15 is 0 Å². The molecular weight excluding hydrogens is 230 g/mol. The average Bonchev–Trinajstić information content (AvgIpc) is 2.77.